The van der Waals surface area contributed by atoms with Gasteiger partial charge in [-0.2, -0.15) is 9.37 Å². The second-order valence-electron chi connectivity index (χ2n) is 6.43. The number of fused-ring (bicyclic) bond motifs is 1. The van der Waals surface area contributed by atoms with E-state index in [1.165, 1.54) is 18.6 Å². The average Bonchev–Trinajstić information content (AvgIpc) is 3.27. The Bertz CT molecular complexity index is 1060. The Morgan fingerprint density at radius 1 is 1.14 bits per heavy atom. The van der Waals surface area contributed by atoms with E-state index in [2.05, 4.69) is 36.8 Å². The second-order valence-corrected chi connectivity index (χ2v) is 6.43. The summed E-state index contributed by atoms with van der Waals surface area (Å²) in [6.45, 7) is 9.66. The molecule has 0 saturated carbocycles. The molecular weight excluding hydrogens is 373 g/mol. The van der Waals surface area contributed by atoms with Crippen LogP contribution in [0.2, 0.25) is 0 Å². The number of allylic oxidation sites excluding steroid dienone is 2. The summed E-state index contributed by atoms with van der Waals surface area (Å²) in [4.78, 5) is 20.8. The zero-order valence-electron chi connectivity index (χ0n) is 16.0. The number of aryl methyl sites for hydroxylation is 1. The molecule has 8 nitrogen and oxygen atoms in total. The predicted octanol–water partition coefficient (Wildman–Crippen LogP) is 2.21. The van der Waals surface area contributed by atoms with E-state index in [0.717, 1.165) is 49.1 Å². The first kappa shape index (κ1) is 19.0. The number of hydrogen-bond donors (Lipinski definition) is 1. The Balaban J connectivity index is 0.000000294. The van der Waals surface area contributed by atoms with Gasteiger partial charge in [-0.25, -0.2) is 19.9 Å². The maximum atomic E-state index is 13.3. The Hall–Kier alpha value is -3.30. The number of ether oxygens (including phenoxy) is 1. The fourth-order valence-electron chi connectivity index (χ4n) is 3.04. The summed E-state index contributed by atoms with van der Waals surface area (Å²) in [6, 6.07) is 2.93. The first-order chi connectivity index (χ1) is 14.1. The molecule has 0 aromatic carbocycles. The molecule has 4 heterocycles. The van der Waals surface area contributed by atoms with Crippen molar-refractivity contribution in [3.8, 4) is 17.3 Å². The summed E-state index contributed by atoms with van der Waals surface area (Å²) in [5.74, 6) is 0.971. The SMILES string of the molecule is C1COCCN1.C=C1C=Cc2c1nc(C)n2-c1ncnc(-c2ccnc(F)c2)n1. The highest BCUT2D eigenvalue weighted by atomic mass is 19.1. The highest BCUT2D eigenvalue weighted by Crippen LogP contribution is 2.29. The van der Waals surface area contributed by atoms with Crippen LogP contribution in [0.5, 0.6) is 0 Å². The van der Waals surface area contributed by atoms with Gasteiger partial charge in [0, 0.05) is 30.9 Å². The van der Waals surface area contributed by atoms with E-state index in [1.54, 1.807) is 6.07 Å². The summed E-state index contributed by atoms with van der Waals surface area (Å²) in [5, 5.41) is 3.16. The van der Waals surface area contributed by atoms with Crippen LogP contribution in [0.1, 0.15) is 17.2 Å². The van der Waals surface area contributed by atoms with Gasteiger partial charge >= 0.3 is 0 Å². The Morgan fingerprint density at radius 3 is 2.66 bits per heavy atom. The molecular formula is C20H20FN7O. The van der Waals surface area contributed by atoms with Gasteiger partial charge in [-0.05, 0) is 24.6 Å². The molecule has 1 aliphatic carbocycles. The minimum atomic E-state index is -0.580. The van der Waals surface area contributed by atoms with E-state index in [9.17, 15) is 4.39 Å². The molecule has 0 bridgehead atoms. The average molecular weight is 393 g/mol. The zero-order valence-corrected chi connectivity index (χ0v) is 16.0. The lowest BCUT2D eigenvalue weighted by atomic mass is 10.2. The standard InChI is InChI=1S/C16H11FN6.C4H9NO/c1-9-3-4-12-14(9)21-10(2)23(12)16-20-8-19-15(22-16)11-5-6-18-13(17)7-11;1-3-6-4-2-5-1/h3-8H,1H2,2H3;5H,1-4H2. The second kappa shape index (κ2) is 8.38. The van der Waals surface area contributed by atoms with Gasteiger partial charge in [0.15, 0.2) is 5.82 Å². The number of morpholine rings is 1. The number of aromatic nitrogens is 6. The molecule has 0 radical (unpaired) electrons. The van der Waals surface area contributed by atoms with Crippen molar-refractivity contribution in [2.75, 3.05) is 26.3 Å². The third kappa shape index (κ3) is 4.10. The molecule has 2 aliphatic rings. The quantitative estimate of drug-likeness (QED) is 0.668. The van der Waals surface area contributed by atoms with E-state index in [1.807, 2.05) is 23.6 Å². The topological polar surface area (TPSA) is 90.6 Å². The molecule has 1 saturated heterocycles. The number of imidazole rings is 1. The van der Waals surface area contributed by atoms with Gasteiger partial charge in [-0.1, -0.05) is 12.7 Å². The minimum absolute atomic E-state index is 0.374. The summed E-state index contributed by atoms with van der Waals surface area (Å²) < 4.78 is 20.1. The summed E-state index contributed by atoms with van der Waals surface area (Å²) in [5.41, 5.74) is 3.09. The first-order valence-corrected chi connectivity index (χ1v) is 9.20. The van der Waals surface area contributed by atoms with Crippen LogP contribution in [-0.2, 0) is 4.74 Å². The van der Waals surface area contributed by atoms with E-state index < -0.39 is 5.95 Å². The van der Waals surface area contributed by atoms with Crippen LogP contribution in [-0.4, -0.2) is 55.8 Å². The number of halogens is 1. The van der Waals surface area contributed by atoms with Crippen molar-refractivity contribution >= 4 is 11.6 Å². The van der Waals surface area contributed by atoms with Crippen molar-refractivity contribution in [1.29, 1.82) is 0 Å². The third-order valence-corrected chi connectivity index (χ3v) is 4.42. The molecule has 1 aliphatic heterocycles. The van der Waals surface area contributed by atoms with Gasteiger partial charge in [-0.3, -0.25) is 4.57 Å². The summed E-state index contributed by atoms with van der Waals surface area (Å²) >= 11 is 0. The Kier molecular flexibility index (Phi) is 5.50. The first-order valence-electron chi connectivity index (χ1n) is 9.20. The third-order valence-electron chi connectivity index (χ3n) is 4.42. The summed E-state index contributed by atoms with van der Waals surface area (Å²) in [6.07, 6.45) is 6.59. The van der Waals surface area contributed by atoms with Crippen LogP contribution in [0.25, 0.3) is 29.0 Å². The van der Waals surface area contributed by atoms with E-state index in [4.69, 9.17) is 4.74 Å². The smallest absolute Gasteiger partial charge is 0.239 e. The highest BCUT2D eigenvalue weighted by molar-refractivity contribution is 5.86. The van der Waals surface area contributed by atoms with Crippen LogP contribution in [0.15, 0.2) is 37.3 Å². The van der Waals surface area contributed by atoms with Crippen LogP contribution in [0, 0.1) is 12.9 Å². The van der Waals surface area contributed by atoms with Crippen LogP contribution in [0.3, 0.4) is 0 Å². The number of nitrogens with zero attached hydrogens (tertiary/aromatic N) is 6. The largest absolute Gasteiger partial charge is 0.379 e. The van der Waals surface area contributed by atoms with Gasteiger partial charge in [0.25, 0.3) is 0 Å². The van der Waals surface area contributed by atoms with Crippen molar-refractivity contribution in [3.63, 3.8) is 0 Å². The van der Waals surface area contributed by atoms with E-state index in [-0.39, 0.29) is 0 Å². The fraction of sp³-hybridized carbons (Fsp3) is 0.250. The normalized spacial score (nSPS) is 15.0. The highest BCUT2D eigenvalue weighted by Gasteiger charge is 2.21. The molecule has 9 heteroatoms. The molecule has 0 atom stereocenters. The van der Waals surface area contributed by atoms with E-state index in [0.29, 0.717) is 17.3 Å². The van der Waals surface area contributed by atoms with Gasteiger partial charge < -0.3 is 10.1 Å². The van der Waals surface area contributed by atoms with Crippen LogP contribution in [0.4, 0.5) is 4.39 Å². The maximum Gasteiger partial charge on any atom is 0.239 e. The molecule has 1 fully saturated rings. The molecule has 0 spiro atoms. The van der Waals surface area contributed by atoms with Crippen molar-refractivity contribution in [2.24, 2.45) is 0 Å². The Labute approximate surface area is 167 Å². The van der Waals surface area contributed by atoms with Crippen molar-refractivity contribution in [3.05, 3.63) is 60.5 Å². The molecule has 148 valence electrons. The lowest BCUT2D eigenvalue weighted by Crippen LogP contribution is -2.30. The molecule has 5 rings (SSSR count). The molecule has 3 aromatic heterocycles. The number of pyridine rings is 1. The van der Waals surface area contributed by atoms with Crippen molar-refractivity contribution < 1.29 is 9.13 Å². The lowest BCUT2D eigenvalue weighted by Gasteiger charge is -2.10. The number of rotatable bonds is 2. The molecule has 0 amide bonds. The van der Waals surface area contributed by atoms with Crippen molar-refractivity contribution in [2.45, 2.75) is 6.92 Å². The van der Waals surface area contributed by atoms with Crippen LogP contribution >= 0.6 is 0 Å². The van der Waals surface area contributed by atoms with Gasteiger partial charge in [0.05, 0.1) is 24.6 Å². The van der Waals surface area contributed by atoms with Crippen molar-refractivity contribution in [1.82, 2.24) is 34.8 Å². The minimum Gasteiger partial charge on any atom is -0.379 e. The maximum absolute atomic E-state index is 13.3. The predicted molar refractivity (Wildman–Crippen MR) is 107 cm³/mol. The number of nitrogens with one attached hydrogen (secondary N) is 1. The fourth-order valence-corrected chi connectivity index (χ4v) is 3.04. The summed E-state index contributed by atoms with van der Waals surface area (Å²) in [7, 11) is 0. The lowest BCUT2D eigenvalue weighted by molar-refractivity contribution is 0.109. The number of hydrogen-bond acceptors (Lipinski definition) is 7. The zero-order chi connectivity index (χ0) is 20.2. The van der Waals surface area contributed by atoms with Gasteiger partial charge in [0.1, 0.15) is 12.2 Å². The molecule has 29 heavy (non-hydrogen) atoms. The van der Waals surface area contributed by atoms with Crippen LogP contribution < -0.4 is 5.32 Å². The molecule has 0 unspecified atom stereocenters. The molecule has 3 aromatic rings. The van der Waals surface area contributed by atoms with E-state index >= 15 is 0 Å². The van der Waals surface area contributed by atoms with Gasteiger partial charge in [0.2, 0.25) is 11.9 Å². The van der Waals surface area contributed by atoms with Gasteiger partial charge in [-0.15, -0.1) is 0 Å². The monoisotopic (exact) mass is 393 g/mol. The Morgan fingerprint density at radius 2 is 1.97 bits per heavy atom. The molecule has 1 N–H and O–H groups in total.